The molecule has 0 fully saturated rings. The number of hydrogen-bond acceptors (Lipinski definition) is 3. The molecule has 2 nitrogen and oxygen atoms in total. The first-order valence-electron chi connectivity index (χ1n) is 7.20. The molecule has 1 aromatic rings. The molecule has 0 aliphatic heterocycles. The monoisotopic (exact) mass is 280 g/mol. The van der Waals surface area contributed by atoms with E-state index in [9.17, 15) is 0 Å². The van der Waals surface area contributed by atoms with Crippen molar-refractivity contribution in [1.29, 1.82) is 0 Å². The normalized spacial score (nSPS) is 13.2. The highest BCUT2D eigenvalue weighted by Gasteiger charge is 2.07. The zero-order valence-electron chi connectivity index (χ0n) is 12.8. The second-order valence-electron chi connectivity index (χ2n) is 5.20. The lowest BCUT2D eigenvalue weighted by molar-refractivity contribution is 0.215. The van der Waals surface area contributed by atoms with Crippen LogP contribution < -0.4 is 0 Å². The Kier molecular flexibility index (Phi) is 8.19. The van der Waals surface area contributed by atoms with Crippen LogP contribution in [0.5, 0.6) is 0 Å². The van der Waals surface area contributed by atoms with Crippen molar-refractivity contribution in [1.82, 2.24) is 9.80 Å². The molecule has 0 aliphatic carbocycles. The predicted octanol–water partition coefficient (Wildman–Crippen LogP) is 3.44. The maximum absolute atomic E-state index is 2.45. The van der Waals surface area contributed by atoms with Crippen LogP contribution in [0.1, 0.15) is 20.3 Å². The number of likely N-dealkylation sites (N-methyl/N-ethyl adjacent to an activating group) is 2. The number of thioether (sulfide) groups is 1. The topological polar surface area (TPSA) is 6.48 Å². The van der Waals surface area contributed by atoms with Crippen molar-refractivity contribution in [3.63, 3.8) is 0 Å². The van der Waals surface area contributed by atoms with Gasteiger partial charge in [0.05, 0.1) is 0 Å². The molecule has 0 saturated heterocycles. The Balaban J connectivity index is 2.13. The summed E-state index contributed by atoms with van der Waals surface area (Å²) >= 11 is 1.94. The van der Waals surface area contributed by atoms with E-state index in [2.05, 4.69) is 68.1 Å². The lowest BCUT2D eigenvalue weighted by atomic mass is 10.2. The number of rotatable bonds is 9. The lowest BCUT2D eigenvalue weighted by Gasteiger charge is -2.26. The molecule has 0 aliphatic rings. The summed E-state index contributed by atoms with van der Waals surface area (Å²) in [5.41, 5.74) is 0. The Bertz CT molecular complexity index is 329. The molecule has 0 bridgehead atoms. The molecule has 3 heteroatoms. The van der Waals surface area contributed by atoms with Gasteiger partial charge in [0.25, 0.3) is 0 Å². The van der Waals surface area contributed by atoms with Gasteiger partial charge in [-0.1, -0.05) is 25.1 Å². The molecule has 0 spiro atoms. The van der Waals surface area contributed by atoms with Crippen molar-refractivity contribution in [2.45, 2.75) is 31.2 Å². The van der Waals surface area contributed by atoms with Gasteiger partial charge in [0, 0.05) is 36.3 Å². The summed E-state index contributed by atoms with van der Waals surface area (Å²) in [5.74, 6) is 1.16. The molecule has 19 heavy (non-hydrogen) atoms. The Morgan fingerprint density at radius 3 is 2.37 bits per heavy atom. The molecule has 0 N–H and O–H groups in total. The van der Waals surface area contributed by atoms with Crippen LogP contribution >= 0.6 is 11.8 Å². The Labute approximate surface area is 123 Å². The molecule has 0 radical (unpaired) electrons. The third-order valence-corrected chi connectivity index (χ3v) is 4.65. The van der Waals surface area contributed by atoms with E-state index in [1.54, 1.807) is 0 Å². The summed E-state index contributed by atoms with van der Waals surface area (Å²) in [5, 5.41) is 0. The fraction of sp³-hybridized carbons (Fsp3) is 0.625. The first kappa shape index (κ1) is 16.5. The van der Waals surface area contributed by atoms with Crippen molar-refractivity contribution in [3.8, 4) is 0 Å². The van der Waals surface area contributed by atoms with E-state index in [0.29, 0.717) is 6.04 Å². The Morgan fingerprint density at radius 2 is 1.74 bits per heavy atom. The van der Waals surface area contributed by atoms with Crippen LogP contribution in [0, 0.1) is 0 Å². The van der Waals surface area contributed by atoms with Crippen molar-refractivity contribution < 1.29 is 0 Å². The van der Waals surface area contributed by atoms with Crippen molar-refractivity contribution in [2.24, 2.45) is 0 Å². The second kappa shape index (κ2) is 9.40. The van der Waals surface area contributed by atoms with Crippen LogP contribution in [0.25, 0.3) is 0 Å². The molecule has 0 heterocycles. The maximum Gasteiger partial charge on any atom is 0.0109 e. The second-order valence-corrected chi connectivity index (χ2v) is 6.37. The van der Waals surface area contributed by atoms with Crippen LogP contribution in [0.3, 0.4) is 0 Å². The molecule has 1 rings (SSSR count). The summed E-state index contributed by atoms with van der Waals surface area (Å²) in [6.07, 6.45) is 1.23. The van der Waals surface area contributed by atoms with Gasteiger partial charge in [0.15, 0.2) is 0 Å². The average Bonchev–Trinajstić information content (AvgIpc) is 2.45. The van der Waals surface area contributed by atoms with Crippen LogP contribution in [0.2, 0.25) is 0 Å². The minimum Gasteiger partial charge on any atom is -0.304 e. The largest absolute Gasteiger partial charge is 0.304 e. The standard InChI is InChI=1S/C16H28N2S/c1-5-15(2)18(4)12-11-17(3)13-14-19-16-9-7-6-8-10-16/h6-10,15H,5,11-14H2,1-4H3. The first-order valence-corrected chi connectivity index (χ1v) is 8.18. The molecular formula is C16H28N2S. The molecule has 1 unspecified atom stereocenters. The van der Waals surface area contributed by atoms with E-state index in [0.717, 1.165) is 25.4 Å². The summed E-state index contributed by atoms with van der Waals surface area (Å²) in [7, 11) is 4.44. The predicted molar refractivity (Wildman–Crippen MR) is 87.0 cm³/mol. The summed E-state index contributed by atoms with van der Waals surface area (Å²) in [6, 6.07) is 11.3. The van der Waals surface area contributed by atoms with Gasteiger partial charge in [-0.25, -0.2) is 0 Å². The summed E-state index contributed by atoms with van der Waals surface area (Å²) in [6.45, 7) is 8.00. The van der Waals surface area contributed by atoms with E-state index in [4.69, 9.17) is 0 Å². The van der Waals surface area contributed by atoms with Gasteiger partial charge in [-0.3, -0.25) is 0 Å². The van der Waals surface area contributed by atoms with Crippen molar-refractivity contribution in [3.05, 3.63) is 30.3 Å². The van der Waals surface area contributed by atoms with Crippen LogP contribution in [0.4, 0.5) is 0 Å². The Morgan fingerprint density at radius 1 is 1.05 bits per heavy atom. The van der Waals surface area contributed by atoms with Crippen LogP contribution in [-0.4, -0.2) is 55.3 Å². The number of benzene rings is 1. The highest BCUT2D eigenvalue weighted by molar-refractivity contribution is 7.99. The average molecular weight is 280 g/mol. The fourth-order valence-corrected chi connectivity index (χ4v) is 2.80. The van der Waals surface area contributed by atoms with Gasteiger partial charge in [-0.05, 0) is 39.6 Å². The quantitative estimate of drug-likeness (QED) is 0.640. The molecule has 0 aromatic heterocycles. The van der Waals surface area contributed by atoms with Gasteiger partial charge in [0.1, 0.15) is 0 Å². The minimum atomic E-state index is 0.687. The highest BCUT2D eigenvalue weighted by Crippen LogP contribution is 2.16. The zero-order chi connectivity index (χ0) is 14.1. The van der Waals surface area contributed by atoms with Crippen LogP contribution in [0.15, 0.2) is 35.2 Å². The summed E-state index contributed by atoms with van der Waals surface area (Å²) < 4.78 is 0. The van der Waals surface area contributed by atoms with E-state index in [1.165, 1.54) is 11.3 Å². The van der Waals surface area contributed by atoms with E-state index >= 15 is 0 Å². The van der Waals surface area contributed by atoms with Crippen molar-refractivity contribution in [2.75, 3.05) is 39.5 Å². The van der Waals surface area contributed by atoms with E-state index in [-0.39, 0.29) is 0 Å². The smallest absolute Gasteiger partial charge is 0.0109 e. The number of nitrogens with zero attached hydrogens (tertiary/aromatic N) is 2. The van der Waals surface area contributed by atoms with Gasteiger partial charge in [-0.2, -0.15) is 0 Å². The number of hydrogen-bond donors (Lipinski definition) is 0. The third-order valence-electron chi connectivity index (χ3n) is 3.66. The SMILES string of the molecule is CCC(C)N(C)CCN(C)CCSc1ccccc1. The first-order chi connectivity index (χ1) is 9.13. The molecule has 108 valence electrons. The molecule has 1 atom stereocenters. The fourth-order valence-electron chi connectivity index (χ4n) is 1.81. The maximum atomic E-state index is 2.45. The molecule has 0 saturated carbocycles. The lowest BCUT2D eigenvalue weighted by Crippen LogP contribution is -2.36. The highest BCUT2D eigenvalue weighted by atomic mass is 32.2. The molecular weight excluding hydrogens is 252 g/mol. The molecule has 1 aromatic carbocycles. The Hall–Kier alpha value is -0.510. The molecule has 0 amide bonds. The van der Waals surface area contributed by atoms with E-state index in [1.807, 2.05) is 11.8 Å². The zero-order valence-corrected chi connectivity index (χ0v) is 13.6. The van der Waals surface area contributed by atoms with Gasteiger partial charge < -0.3 is 9.80 Å². The minimum absolute atomic E-state index is 0.687. The van der Waals surface area contributed by atoms with Crippen molar-refractivity contribution >= 4 is 11.8 Å². The van der Waals surface area contributed by atoms with Gasteiger partial charge in [-0.15, -0.1) is 11.8 Å². The third kappa shape index (κ3) is 7.00. The van der Waals surface area contributed by atoms with Crippen LogP contribution in [-0.2, 0) is 0 Å². The summed E-state index contributed by atoms with van der Waals surface area (Å²) in [4.78, 5) is 6.24. The van der Waals surface area contributed by atoms with E-state index < -0.39 is 0 Å². The van der Waals surface area contributed by atoms with Gasteiger partial charge in [0.2, 0.25) is 0 Å². The van der Waals surface area contributed by atoms with Gasteiger partial charge >= 0.3 is 0 Å².